The highest BCUT2D eigenvalue weighted by atomic mass is 14.3. The third-order valence-corrected chi connectivity index (χ3v) is 6.60. The molecule has 0 bridgehead atoms. The molecule has 2 aromatic rings. The SMILES string of the molecule is CC(C)C1C=Cc2cc(C3=CC(c4cccc5c4CCCC5)=CC3)ccc21. The molecule has 1 atom stereocenters. The van der Waals surface area contributed by atoms with E-state index in [1.807, 2.05) is 0 Å². The van der Waals surface area contributed by atoms with Gasteiger partial charge in [0.2, 0.25) is 0 Å². The normalized spacial score (nSPS) is 20.5. The lowest BCUT2D eigenvalue weighted by Gasteiger charge is -2.19. The summed E-state index contributed by atoms with van der Waals surface area (Å²) in [6.07, 6.45) is 15.8. The summed E-state index contributed by atoms with van der Waals surface area (Å²) in [4.78, 5) is 0. The van der Waals surface area contributed by atoms with E-state index in [2.05, 4.69) is 74.5 Å². The van der Waals surface area contributed by atoms with Gasteiger partial charge in [-0.05, 0) is 88.6 Å². The molecule has 136 valence electrons. The molecule has 0 fully saturated rings. The fourth-order valence-corrected chi connectivity index (χ4v) is 5.08. The van der Waals surface area contributed by atoms with Gasteiger partial charge in [-0.25, -0.2) is 0 Å². The molecule has 3 aliphatic carbocycles. The van der Waals surface area contributed by atoms with E-state index >= 15 is 0 Å². The van der Waals surface area contributed by atoms with Crippen molar-refractivity contribution in [3.8, 4) is 0 Å². The zero-order valence-electron chi connectivity index (χ0n) is 16.5. The summed E-state index contributed by atoms with van der Waals surface area (Å²) in [6, 6.07) is 14.0. The van der Waals surface area contributed by atoms with Crippen LogP contribution in [0, 0.1) is 5.92 Å². The monoisotopic (exact) mass is 352 g/mol. The first kappa shape index (κ1) is 16.8. The topological polar surface area (TPSA) is 0 Å². The van der Waals surface area contributed by atoms with Crippen molar-refractivity contribution in [2.24, 2.45) is 5.92 Å². The molecule has 0 saturated heterocycles. The molecule has 0 heterocycles. The molecule has 1 unspecified atom stereocenters. The zero-order valence-corrected chi connectivity index (χ0v) is 16.5. The minimum Gasteiger partial charge on any atom is -0.0761 e. The van der Waals surface area contributed by atoms with Crippen LogP contribution in [0.3, 0.4) is 0 Å². The average molecular weight is 353 g/mol. The fraction of sp³-hybridized carbons (Fsp3) is 0.333. The van der Waals surface area contributed by atoms with E-state index in [0.717, 1.165) is 6.42 Å². The van der Waals surface area contributed by atoms with Gasteiger partial charge in [-0.3, -0.25) is 0 Å². The number of rotatable bonds is 3. The van der Waals surface area contributed by atoms with Crippen LogP contribution < -0.4 is 0 Å². The number of aryl methyl sites for hydroxylation is 1. The highest BCUT2D eigenvalue weighted by Crippen LogP contribution is 2.40. The summed E-state index contributed by atoms with van der Waals surface area (Å²) in [5.74, 6) is 1.24. The van der Waals surface area contributed by atoms with Gasteiger partial charge in [-0.15, -0.1) is 0 Å². The van der Waals surface area contributed by atoms with Crippen LogP contribution in [0.15, 0.2) is 54.6 Å². The lowest BCUT2D eigenvalue weighted by atomic mass is 9.86. The second kappa shape index (κ2) is 6.68. The predicted molar refractivity (Wildman–Crippen MR) is 117 cm³/mol. The van der Waals surface area contributed by atoms with Crippen LogP contribution in [-0.2, 0) is 12.8 Å². The molecule has 0 saturated carbocycles. The molecule has 27 heavy (non-hydrogen) atoms. The van der Waals surface area contributed by atoms with Gasteiger partial charge in [0.05, 0.1) is 0 Å². The Bertz CT molecular complexity index is 981. The minimum atomic E-state index is 0.580. The Balaban J connectivity index is 1.46. The number of hydrogen-bond acceptors (Lipinski definition) is 0. The molecule has 5 rings (SSSR count). The predicted octanol–water partition coefficient (Wildman–Crippen LogP) is 7.20. The first-order valence-electron chi connectivity index (χ1n) is 10.5. The van der Waals surface area contributed by atoms with Crippen LogP contribution in [0.1, 0.15) is 72.4 Å². The molecule has 0 N–H and O–H groups in total. The van der Waals surface area contributed by atoms with Crippen molar-refractivity contribution in [2.75, 3.05) is 0 Å². The van der Waals surface area contributed by atoms with E-state index in [0.29, 0.717) is 11.8 Å². The first-order valence-corrected chi connectivity index (χ1v) is 10.5. The van der Waals surface area contributed by atoms with Crippen LogP contribution in [0.25, 0.3) is 17.2 Å². The zero-order chi connectivity index (χ0) is 18.4. The van der Waals surface area contributed by atoms with E-state index < -0.39 is 0 Å². The molecule has 0 radical (unpaired) electrons. The van der Waals surface area contributed by atoms with Crippen molar-refractivity contribution >= 4 is 17.2 Å². The fourth-order valence-electron chi connectivity index (χ4n) is 5.08. The molecule has 0 aliphatic heterocycles. The maximum absolute atomic E-state index is 2.44. The van der Waals surface area contributed by atoms with Crippen LogP contribution in [0.2, 0.25) is 0 Å². The second-order valence-corrected chi connectivity index (χ2v) is 8.66. The smallest absolute Gasteiger partial charge is 0.00502 e. The van der Waals surface area contributed by atoms with E-state index in [-0.39, 0.29) is 0 Å². The van der Waals surface area contributed by atoms with Gasteiger partial charge in [0.1, 0.15) is 0 Å². The Labute approximate surface area is 163 Å². The lowest BCUT2D eigenvalue weighted by Crippen LogP contribution is -2.05. The Morgan fingerprint density at radius 1 is 1.00 bits per heavy atom. The second-order valence-electron chi connectivity index (χ2n) is 8.66. The molecule has 0 aromatic heterocycles. The summed E-state index contributed by atoms with van der Waals surface area (Å²) in [5, 5.41) is 0. The molecule has 0 spiro atoms. The maximum atomic E-state index is 2.44. The average Bonchev–Trinajstić information content (AvgIpc) is 3.34. The summed E-state index contributed by atoms with van der Waals surface area (Å²) < 4.78 is 0. The Hall–Kier alpha value is -2.34. The third-order valence-electron chi connectivity index (χ3n) is 6.60. The van der Waals surface area contributed by atoms with E-state index in [1.54, 1.807) is 11.1 Å². The Morgan fingerprint density at radius 3 is 2.78 bits per heavy atom. The van der Waals surface area contributed by atoms with Crippen LogP contribution in [0.5, 0.6) is 0 Å². The van der Waals surface area contributed by atoms with Gasteiger partial charge in [-0.1, -0.05) is 68.5 Å². The Morgan fingerprint density at radius 2 is 1.89 bits per heavy atom. The highest BCUT2D eigenvalue weighted by Gasteiger charge is 2.22. The van der Waals surface area contributed by atoms with Gasteiger partial charge in [0, 0.05) is 5.92 Å². The first-order chi connectivity index (χ1) is 13.2. The number of benzene rings is 2. The van der Waals surface area contributed by atoms with E-state index in [9.17, 15) is 0 Å². The largest absolute Gasteiger partial charge is 0.0761 e. The summed E-state index contributed by atoms with van der Waals surface area (Å²) in [7, 11) is 0. The summed E-state index contributed by atoms with van der Waals surface area (Å²) in [5.41, 5.74) is 11.8. The number of hydrogen-bond donors (Lipinski definition) is 0. The van der Waals surface area contributed by atoms with Crippen LogP contribution >= 0.6 is 0 Å². The van der Waals surface area contributed by atoms with Gasteiger partial charge in [-0.2, -0.15) is 0 Å². The van der Waals surface area contributed by atoms with Crippen LogP contribution in [0.4, 0.5) is 0 Å². The van der Waals surface area contributed by atoms with Crippen molar-refractivity contribution in [1.82, 2.24) is 0 Å². The summed E-state index contributed by atoms with van der Waals surface area (Å²) in [6.45, 7) is 4.63. The quantitative estimate of drug-likeness (QED) is 0.548. The van der Waals surface area contributed by atoms with Gasteiger partial charge >= 0.3 is 0 Å². The van der Waals surface area contributed by atoms with E-state index in [1.165, 1.54) is 59.1 Å². The van der Waals surface area contributed by atoms with E-state index in [4.69, 9.17) is 0 Å². The maximum Gasteiger partial charge on any atom is 0.00502 e. The summed E-state index contributed by atoms with van der Waals surface area (Å²) >= 11 is 0. The molecule has 2 aromatic carbocycles. The standard InChI is InChI=1S/C27H28/c1-18(2)24-14-13-23-17-21(12-15-27(23)24)20-10-11-22(16-20)26-9-5-7-19-6-3-4-8-25(19)26/h5,7,9,11-18,24H,3-4,6,8,10H2,1-2H3. The number of allylic oxidation sites excluding steroid dienone is 5. The van der Waals surface area contributed by atoms with Gasteiger partial charge < -0.3 is 0 Å². The van der Waals surface area contributed by atoms with Crippen molar-refractivity contribution in [3.63, 3.8) is 0 Å². The van der Waals surface area contributed by atoms with Gasteiger partial charge in [0.15, 0.2) is 0 Å². The van der Waals surface area contributed by atoms with Crippen molar-refractivity contribution < 1.29 is 0 Å². The molecular formula is C27H28. The van der Waals surface area contributed by atoms with Crippen molar-refractivity contribution in [1.29, 1.82) is 0 Å². The molecule has 0 amide bonds. The Kier molecular flexibility index (Phi) is 4.16. The lowest BCUT2D eigenvalue weighted by molar-refractivity contribution is 0.584. The van der Waals surface area contributed by atoms with Gasteiger partial charge in [0.25, 0.3) is 0 Å². The molecule has 0 nitrogen and oxygen atoms in total. The molecule has 0 heteroatoms. The van der Waals surface area contributed by atoms with Crippen molar-refractivity contribution in [3.05, 3.63) is 88.0 Å². The highest BCUT2D eigenvalue weighted by molar-refractivity contribution is 5.91. The third kappa shape index (κ3) is 2.92. The molecule has 3 aliphatic rings. The number of fused-ring (bicyclic) bond motifs is 2. The molecular weight excluding hydrogens is 324 g/mol. The van der Waals surface area contributed by atoms with Crippen molar-refractivity contribution in [2.45, 2.75) is 51.9 Å². The minimum absolute atomic E-state index is 0.580. The van der Waals surface area contributed by atoms with Crippen LogP contribution in [-0.4, -0.2) is 0 Å².